The average Bonchev–Trinajstić information content (AvgIpc) is 2.85. The van der Waals surface area contributed by atoms with Gasteiger partial charge in [0.15, 0.2) is 0 Å². The third-order valence-corrected chi connectivity index (χ3v) is 5.18. The molecular weight excluding hydrogens is 220 g/mol. The third kappa shape index (κ3) is 3.48. The standard InChI is InChI=1S/C16H34N2/c1-6-14(7-2)13-15(17-8-3)16(18(4)5)11-9-10-12-16/h14-15,17H,6-13H2,1-5H3. The Bertz CT molecular complexity index is 215. The Kier molecular flexibility index (Phi) is 6.65. The van der Waals surface area contributed by atoms with Gasteiger partial charge < -0.3 is 10.2 Å². The molecule has 1 rings (SSSR count). The van der Waals surface area contributed by atoms with Gasteiger partial charge in [0.25, 0.3) is 0 Å². The van der Waals surface area contributed by atoms with Crippen molar-refractivity contribution in [3.63, 3.8) is 0 Å². The maximum atomic E-state index is 3.80. The van der Waals surface area contributed by atoms with Crippen LogP contribution < -0.4 is 5.32 Å². The molecule has 2 heteroatoms. The summed E-state index contributed by atoms with van der Waals surface area (Å²) < 4.78 is 0. The number of hydrogen-bond acceptors (Lipinski definition) is 2. The van der Waals surface area contributed by atoms with Crippen LogP contribution >= 0.6 is 0 Å². The minimum atomic E-state index is 0.415. The molecule has 18 heavy (non-hydrogen) atoms. The highest BCUT2D eigenvalue weighted by molar-refractivity contribution is 5.02. The van der Waals surface area contributed by atoms with Crippen molar-refractivity contribution in [1.29, 1.82) is 0 Å². The Labute approximate surface area is 115 Å². The first kappa shape index (κ1) is 16.0. The lowest BCUT2D eigenvalue weighted by Gasteiger charge is -2.45. The summed E-state index contributed by atoms with van der Waals surface area (Å²) in [5.74, 6) is 0.881. The number of likely N-dealkylation sites (N-methyl/N-ethyl adjacent to an activating group) is 2. The number of rotatable bonds is 8. The molecule has 0 amide bonds. The largest absolute Gasteiger partial charge is 0.312 e. The van der Waals surface area contributed by atoms with Crippen LogP contribution in [0, 0.1) is 5.92 Å². The van der Waals surface area contributed by atoms with Crippen molar-refractivity contribution in [3.05, 3.63) is 0 Å². The average molecular weight is 254 g/mol. The van der Waals surface area contributed by atoms with E-state index in [-0.39, 0.29) is 0 Å². The van der Waals surface area contributed by atoms with E-state index in [0.29, 0.717) is 11.6 Å². The summed E-state index contributed by atoms with van der Waals surface area (Å²) in [7, 11) is 4.56. The summed E-state index contributed by atoms with van der Waals surface area (Å²) >= 11 is 0. The van der Waals surface area contributed by atoms with Crippen molar-refractivity contribution >= 4 is 0 Å². The van der Waals surface area contributed by atoms with Gasteiger partial charge >= 0.3 is 0 Å². The molecule has 0 saturated heterocycles. The van der Waals surface area contributed by atoms with E-state index in [1.807, 2.05) is 0 Å². The summed E-state index contributed by atoms with van der Waals surface area (Å²) in [6, 6.07) is 0.671. The molecule has 0 aromatic carbocycles. The Balaban J connectivity index is 2.80. The van der Waals surface area contributed by atoms with Gasteiger partial charge in [-0.15, -0.1) is 0 Å². The number of nitrogens with one attached hydrogen (secondary N) is 1. The van der Waals surface area contributed by atoms with Crippen molar-refractivity contribution in [3.8, 4) is 0 Å². The Morgan fingerprint density at radius 3 is 2.00 bits per heavy atom. The Morgan fingerprint density at radius 2 is 1.61 bits per heavy atom. The molecule has 0 radical (unpaired) electrons. The molecule has 1 atom stereocenters. The first-order chi connectivity index (χ1) is 8.60. The maximum Gasteiger partial charge on any atom is 0.0356 e. The van der Waals surface area contributed by atoms with E-state index < -0.39 is 0 Å². The van der Waals surface area contributed by atoms with Crippen LogP contribution in [-0.4, -0.2) is 37.1 Å². The van der Waals surface area contributed by atoms with Crippen LogP contribution in [0.3, 0.4) is 0 Å². The van der Waals surface area contributed by atoms with Crippen molar-refractivity contribution in [1.82, 2.24) is 10.2 Å². The molecule has 0 bridgehead atoms. The minimum Gasteiger partial charge on any atom is -0.312 e. The second-order valence-corrected chi connectivity index (χ2v) is 6.23. The van der Waals surface area contributed by atoms with E-state index in [1.165, 1.54) is 44.9 Å². The van der Waals surface area contributed by atoms with E-state index in [1.54, 1.807) is 0 Å². The van der Waals surface area contributed by atoms with Gasteiger partial charge in [0.05, 0.1) is 0 Å². The summed E-state index contributed by atoms with van der Waals surface area (Å²) in [6.07, 6.45) is 9.55. The normalized spacial score (nSPS) is 20.8. The van der Waals surface area contributed by atoms with Gasteiger partial charge in [-0.1, -0.05) is 46.5 Å². The van der Waals surface area contributed by atoms with Crippen molar-refractivity contribution < 1.29 is 0 Å². The molecule has 2 nitrogen and oxygen atoms in total. The Morgan fingerprint density at radius 1 is 1.06 bits per heavy atom. The zero-order valence-corrected chi connectivity index (χ0v) is 13.3. The van der Waals surface area contributed by atoms with Gasteiger partial charge in [0.2, 0.25) is 0 Å². The molecule has 1 aliphatic rings. The van der Waals surface area contributed by atoms with Crippen LogP contribution in [0.1, 0.15) is 65.7 Å². The predicted molar refractivity (Wildman–Crippen MR) is 81.0 cm³/mol. The molecule has 1 aliphatic carbocycles. The second kappa shape index (κ2) is 7.49. The Hall–Kier alpha value is -0.0800. The molecule has 1 unspecified atom stereocenters. The summed E-state index contributed by atoms with van der Waals surface area (Å²) in [4.78, 5) is 2.51. The molecular formula is C16H34N2. The first-order valence-electron chi connectivity index (χ1n) is 8.01. The van der Waals surface area contributed by atoms with Crippen molar-refractivity contribution in [2.45, 2.75) is 77.3 Å². The van der Waals surface area contributed by atoms with Crippen LogP contribution in [0.15, 0.2) is 0 Å². The number of nitrogens with zero attached hydrogens (tertiary/aromatic N) is 1. The van der Waals surface area contributed by atoms with Gasteiger partial charge in [-0.3, -0.25) is 0 Å². The fourth-order valence-electron chi connectivity index (χ4n) is 3.79. The topological polar surface area (TPSA) is 15.3 Å². The zero-order chi connectivity index (χ0) is 13.6. The molecule has 0 aliphatic heterocycles. The minimum absolute atomic E-state index is 0.415. The van der Waals surface area contributed by atoms with Gasteiger partial charge in [-0.2, -0.15) is 0 Å². The summed E-state index contributed by atoms with van der Waals surface area (Å²) in [5, 5.41) is 3.80. The van der Waals surface area contributed by atoms with Gasteiger partial charge in [-0.25, -0.2) is 0 Å². The van der Waals surface area contributed by atoms with E-state index in [4.69, 9.17) is 0 Å². The second-order valence-electron chi connectivity index (χ2n) is 6.23. The fourth-order valence-corrected chi connectivity index (χ4v) is 3.79. The highest BCUT2D eigenvalue weighted by Crippen LogP contribution is 2.39. The highest BCUT2D eigenvalue weighted by Gasteiger charge is 2.43. The van der Waals surface area contributed by atoms with Crippen LogP contribution in [-0.2, 0) is 0 Å². The summed E-state index contributed by atoms with van der Waals surface area (Å²) in [6.45, 7) is 8.03. The smallest absolute Gasteiger partial charge is 0.0356 e. The SMILES string of the molecule is CCNC(CC(CC)CC)C1(N(C)C)CCCC1. The molecule has 1 fully saturated rings. The molecule has 0 aromatic rings. The predicted octanol–water partition coefficient (Wildman–Crippen LogP) is 3.67. The monoisotopic (exact) mass is 254 g/mol. The van der Waals surface area contributed by atoms with Gasteiger partial charge in [0, 0.05) is 11.6 Å². The van der Waals surface area contributed by atoms with Crippen LogP contribution in [0.2, 0.25) is 0 Å². The van der Waals surface area contributed by atoms with Crippen molar-refractivity contribution in [2.24, 2.45) is 5.92 Å². The van der Waals surface area contributed by atoms with Crippen LogP contribution in [0.4, 0.5) is 0 Å². The molecule has 0 spiro atoms. The van der Waals surface area contributed by atoms with E-state index in [2.05, 4.69) is 45.1 Å². The molecule has 1 N–H and O–H groups in total. The van der Waals surface area contributed by atoms with Gasteiger partial charge in [0.1, 0.15) is 0 Å². The van der Waals surface area contributed by atoms with E-state index in [0.717, 1.165) is 12.5 Å². The third-order valence-electron chi connectivity index (χ3n) is 5.18. The van der Waals surface area contributed by atoms with E-state index in [9.17, 15) is 0 Å². The van der Waals surface area contributed by atoms with Crippen LogP contribution in [0.5, 0.6) is 0 Å². The number of hydrogen-bond donors (Lipinski definition) is 1. The molecule has 1 saturated carbocycles. The van der Waals surface area contributed by atoms with E-state index >= 15 is 0 Å². The maximum absolute atomic E-state index is 3.80. The molecule has 108 valence electrons. The lowest BCUT2D eigenvalue weighted by atomic mass is 9.80. The zero-order valence-electron chi connectivity index (χ0n) is 13.3. The van der Waals surface area contributed by atoms with Crippen molar-refractivity contribution in [2.75, 3.05) is 20.6 Å². The lowest BCUT2D eigenvalue weighted by Crippen LogP contribution is -2.58. The first-order valence-corrected chi connectivity index (χ1v) is 8.01. The molecule has 0 aromatic heterocycles. The molecule has 0 heterocycles. The van der Waals surface area contributed by atoms with Crippen LogP contribution in [0.25, 0.3) is 0 Å². The quantitative estimate of drug-likeness (QED) is 0.711. The lowest BCUT2D eigenvalue weighted by molar-refractivity contribution is 0.0905. The van der Waals surface area contributed by atoms with Gasteiger partial charge in [-0.05, 0) is 45.8 Å². The summed E-state index contributed by atoms with van der Waals surface area (Å²) in [5.41, 5.74) is 0.415. The fraction of sp³-hybridized carbons (Fsp3) is 1.00. The highest BCUT2D eigenvalue weighted by atomic mass is 15.2.